The van der Waals surface area contributed by atoms with Gasteiger partial charge in [0.05, 0.1) is 5.56 Å². The SMILES string of the molecule is CC(=O)c1ccc[n+](C)c1.C[n+]1cccc(C(=O)OC(=O)c2ccc[n+](C)c2)c1.[I-].[I-]. The third-order valence-electron chi connectivity index (χ3n) is 3.88. The van der Waals surface area contributed by atoms with Gasteiger partial charge in [-0.05, 0) is 25.1 Å². The van der Waals surface area contributed by atoms with Crippen LogP contribution in [0.4, 0.5) is 0 Å². The van der Waals surface area contributed by atoms with E-state index in [1.54, 1.807) is 79.2 Å². The monoisotopic (exact) mass is 648 g/mol. The minimum atomic E-state index is -0.660. The molecule has 9 heteroatoms. The van der Waals surface area contributed by atoms with E-state index in [9.17, 15) is 14.4 Å². The Bertz CT molecular complexity index is 1000. The zero-order valence-electron chi connectivity index (χ0n) is 17.7. The summed E-state index contributed by atoms with van der Waals surface area (Å²) in [5.41, 5.74) is 1.42. The molecule has 0 saturated heterocycles. The van der Waals surface area contributed by atoms with Gasteiger partial charge in [-0.15, -0.1) is 0 Å². The van der Waals surface area contributed by atoms with Gasteiger partial charge < -0.3 is 52.7 Å². The van der Waals surface area contributed by atoms with Crippen LogP contribution in [0.5, 0.6) is 0 Å². The van der Waals surface area contributed by atoms with Crippen LogP contribution in [-0.4, -0.2) is 17.7 Å². The molecular weight excluding hydrogens is 624 g/mol. The van der Waals surface area contributed by atoms with Crippen molar-refractivity contribution in [3.05, 3.63) is 90.3 Å². The number of aromatic nitrogens is 3. The number of ketones is 1. The zero-order valence-corrected chi connectivity index (χ0v) is 22.0. The normalized spacial score (nSPS) is 9.16. The first-order chi connectivity index (χ1) is 13.8. The third-order valence-corrected chi connectivity index (χ3v) is 3.88. The fraction of sp³-hybridized carbons (Fsp3) is 0.182. The molecule has 0 aromatic carbocycles. The molecule has 164 valence electrons. The van der Waals surface area contributed by atoms with Crippen molar-refractivity contribution in [1.82, 2.24) is 0 Å². The summed E-state index contributed by atoms with van der Waals surface area (Å²) in [6.45, 7) is 1.56. The van der Waals surface area contributed by atoms with Crippen molar-refractivity contribution in [2.24, 2.45) is 21.1 Å². The Morgan fingerprint density at radius 3 is 1.26 bits per heavy atom. The number of nitrogens with zero attached hydrogens (tertiary/aromatic N) is 3. The first-order valence-corrected chi connectivity index (χ1v) is 8.89. The third kappa shape index (κ3) is 9.59. The molecule has 0 N–H and O–H groups in total. The van der Waals surface area contributed by atoms with Gasteiger partial charge in [0.25, 0.3) is 0 Å². The van der Waals surface area contributed by atoms with Crippen LogP contribution in [0.1, 0.15) is 38.0 Å². The van der Waals surface area contributed by atoms with Gasteiger partial charge in [-0.3, -0.25) is 4.79 Å². The van der Waals surface area contributed by atoms with E-state index in [-0.39, 0.29) is 53.7 Å². The Kier molecular flexibility index (Phi) is 12.9. The van der Waals surface area contributed by atoms with E-state index in [2.05, 4.69) is 0 Å². The molecular formula is C22H24I2N3O4+. The fourth-order valence-electron chi connectivity index (χ4n) is 2.42. The van der Waals surface area contributed by atoms with E-state index in [1.165, 1.54) is 0 Å². The summed E-state index contributed by atoms with van der Waals surface area (Å²) < 4.78 is 10.1. The number of aryl methyl sites for hydroxylation is 3. The van der Waals surface area contributed by atoms with E-state index in [1.807, 2.05) is 36.1 Å². The second kappa shape index (κ2) is 13.9. The number of halogens is 2. The first kappa shape index (κ1) is 28.7. The van der Waals surface area contributed by atoms with Crippen LogP contribution < -0.4 is 61.7 Å². The molecule has 0 aliphatic rings. The molecule has 3 heterocycles. The van der Waals surface area contributed by atoms with Crippen molar-refractivity contribution in [2.75, 3.05) is 0 Å². The average molecular weight is 648 g/mol. The number of carbonyl (C=O) groups is 3. The number of Topliss-reactive ketones (excluding diaryl/α,β-unsaturated/α-hetero) is 1. The lowest BCUT2D eigenvalue weighted by Crippen LogP contribution is -3.00. The zero-order chi connectivity index (χ0) is 21.4. The summed E-state index contributed by atoms with van der Waals surface area (Å²) in [6, 6.07) is 10.3. The summed E-state index contributed by atoms with van der Waals surface area (Å²) in [5, 5.41) is 0. The lowest BCUT2D eigenvalue weighted by molar-refractivity contribution is -0.671. The van der Waals surface area contributed by atoms with Gasteiger partial charge in [0.15, 0.2) is 43.0 Å². The smallest absolute Gasteiger partial charge is 0.352 e. The van der Waals surface area contributed by atoms with E-state index >= 15 is 0 Å². The molecule has 3 aromatic rings. The molecule has 0 fully saturated rings. The minimum absolute atomic E-state index is 0. The number of carbonyl (C=O) groups excluding carboxylic acids is 3. The summed E-state index contributed by atoms with van der Waals surface area (Å²) in [4.78, 5) is 34.4. The van der Waals surface area contributed by atoms with Crippen molar-refractivity contribution in [3.63, 3.8) is 0 Å². The van der Waals surface area contributed by atoms with E-state index in [0.717, 1.165) is 5.56 Å². The molecule has 0 spiro atoms. The second-order valence-electron chi connectivity index (χ2n) is 6.51. The maximum absolute atomic E-state index is 11.8. The number of ether oxygens (including phenoxy) is 1. The number of rotatable bonds is 3. The molecule has 0 bridgehead atoms. The van der Waals surface area contributed by atoms with Crippen LogP contribution >= 0.6 is 0 Å². The lowest BCUT2D eigenvalue weighted by Gasteiger charge is -2.01. The summed E-state index contributed by atoms with van der Waals surface area (Å²) in [5.74, 6) is -1.21. The highest BCUT2D eigenvalue weighted by atomic mass is 127. The van der Waals surface area contributed by atoms with E-state index in [4.69, 9.17) is 4.74 Å². The Hall–Kier alpha value is -2.28. The quantitative estimate of drug-likeness (QED) is 0.0940. The molecule has 7 nitrogen and oxygen atoms in total. The van der Waals surface area contributed by atoms with Crippen molar-refractivity contribution < 1.29 is 80.8 Å². The molecule has 3 rings (SSSR count). The van der Waals surface area contributed by atoms with E-state index < -0.39 is 11.9 Å². The Morgan fingerprint density at radius 2 is 0.968 bits per heavy atom. The van der Waals surface area contributed by atoms with Crippen LogP contribution in [0.3, 0.4) is 0 Å². The van der Waals surface area contributed by atoms with Gasteiger partial charge in [-0.25, -0.2) is 23.3 Å². The number of pyridine rings is 3. The molecule has 0 atom stereocenters. The van der Waals surface area contributed by atoms with Crippen LogP contribution in [0.15, 0.2) is 73.6 Å². The molecule has 0 saturated carbocycles. The summed E-state index contributed by atoms with van der Waals surface area (Å²) in [6.07, 6.45) is 10.5. The van der Waals surface area contributed by atoms with Crippen LogP contribution in [-0.2, 0) is 25.9 Å². The van der Waals surface area contributed by atoms with Crippen LogP contribution in [0.2, 0.25) is 0 Å². The Labute approximate surface area is 215 Å². The van der Waals surface area contributed by atoms with Crippen LogP contribution in [0, 0.1) is 0 Å². The lowest BCUT2D eigenvalue weighted by atomic mass is 10.2. The molecule has 0 aliphatic carbocycles. The molecule has 0 amide bonds. The van der Waals surface area contributed by atoms with Gasteiger partial charge in [0, 0.05) is 18.2 Å². The predicted octanol–water partition coefficient (Wildman–Crippen LogP) is -4.95. The Morgan fingerprint density at radius 1 is 0.645 bits per heavy atom. The first-order valence-electron chi connectivity index (χ1n) is 8.89. The molecule has 31 heavy (non-hydrogen) atoms. The van der Waals surface area contributed by atoms with E-state index in [0.29, 0.717) is 11.1 Å². The second-order valence-corrected chi connectivity index (χ2v) is 6.51. The maximum Gasteiger partial charge on any atom is 0.352 e. The number of esters is 2. The summed E-state index contributed by atoms with van der Waals surface area (Å²) >= 11 is 0. The van der Waals surface area contributed by atoms with Gasteiger partial charge in [-0.2, -0.15) is 0 Å². The highest BCUT2D eigenvalue weighted by Gasteiger charge is 2.18. The predicted molar refractivity (Wildman–Crippen MR) is 103 cm³/mol. The standard InChI is InChI=1S/C14H14N2O3.C8H10NO.2HI/c1-15-7-3-5-11(9-15)13(17)19-14(18)12-6-4-8-16(2)10-12;1-7(10)8-4-3-5-9(2)6-8;;/h3-10H,1-2H3;3-6H,1-2H3;2*1H/q+2;+1;;/p-2. The molecule has 3 aromatic heterocycles. The van der Waals surface area contributed by atoms with Gasteiger partial charge >= 0.3 is 11.9 Å². The maximum atomic E-state index is 11.8. The topological polar surface area (TPSA) is 72.1 Å². The Balaban J connectivity index is 0.000000643. The van der Waals surface area contributed by atoms with Gasteiger partial charge in [0.1, 0.15) is 32.3 Å². The van der Waals surface area contributed by atoms with Crippen molar-refractivity contribution >= 4 is 17.7 Å². The van der Waals surface area contributed by atoms with Crippen molar-refractivity contribution in [3.8, 4) is 0 Å². The number of hydrogen-bond donors (Lipinski definition) is 0. The molecule has 0 aliphatic heterocycles. The highest BCUT2D eigenvalue weighted by molar-refractivity contribution is 6.02. The molecule has 0 radical (unpaired) electrons. The summed E-state index contributed by atoms with van der Waals surface area (Å²) in [7, 11) is 5.47. The average Bonchev–Trinajstić information content (AvgIpc) is 2.68. The molecule has 0 unspecified atom stereocenters. The number of hydrogen-bond acceptors (Lipinski definition) is 4. The largest absolute Gasteiger partial charge is 1.00 e. The van der Waals surface area contributed by atoms with Gasteiger partial charge in [0.2, 0.25) is 0 Å². The van der Waals surface area contributed by atoms with Gasteiger partial charge in [-0.1, -0.05) is 0 Å². The van der Waals surface area contributed by atoms with Crippen LogP contribution in [0.25, 0.3) is 0 Å². The minimum Gasteiger partial charge on any atom is -1.00 e. The highest BCUT2D eigenvalue weighted by Crippen LogP contribution is 2.03. The van der Waals surface area contributed by atoms with Crippen molar-refractivity contribution in [2.45, 2.75) is 6.92 Å². The fourth-order valence-corrected chi connectivity index (χ4v) is 2.42. The van der Waals surface area contributed by atoms with Crippen molar-refractivity contribution in [1.29, 1.82) is 0 Å².